The first-order chi connectivity index (χ1) is 21.9. The van der Waals surface area contributed by atoms with Crippen molar-refractivity contribution >= 4 is 0 Å². The van der Waals surface area contributed by atoms with E-state index >= 15 is 0 Å². The third-order valence-corrected chi connectivity index (χ3v) is 9.66. The number of phenolic OH excluding ortho intramolecular Hbond substituents is 1. The average Bonchev–Trinajstić information content (AvgIpc) is 3.05. The molecule has 0 fully saturated rings. The molecular weight excluding hydrogens is 568 g/mol. The first kappa shape index (κ1) is 29.3. The molecule has 4 aromatic rings. The smallest absolute Gasteiger partial charge is 0.201 e. The minimum Gasteiger partial charge on any atom is -0.502 e. The maximum absolute atomic E-state index is 11.6. The largest absolute Gasteiger partial charge is 0.502 e. The van der Waals surface area contributed by atoms with Crippen LogP contribution in [0.25, 0.3) is 0 Å². The summed E-state index contributed by atoms with van der Waals surface area (Å²) in [7, 11) is 9.20. The number of hydrogen-bond donors (Lipinski definition) is 1. The highest BCUT2D eigenvalue weighted by atomic mass is 16.5. The van der Waals surface area contributed by atoms with Crippen molar-refractivity contribution in [3.8, 4) is 46.0 Å². The zero-order valence-electron chi connectivity index (χ0n) is 26.6. The normalized spacial score (nSPS) is 19.4. The summed E-state index contributed by atoms with van der Waals surface area (Å²) in [6.07, 6.45) is 3.20. The van der Waals surface area contributed by atoms with Crippen LogP contribution in [0.3, 0.4) is 0 Å². The van der Waals surface area contributed by atoms with Crippen LogP contribution in [0.15, 0.2) is 60.7 Å². The van der Waals surface area contributed by atoms with Crippen LogP contribution in [0.4, 0.5) is 0 Å². The minimum atomic E-state index is -0.0789. The van der Waals surface area contributed by atoms with E-state index in [0.717, 1.165) is 54.8 Å². The fourth-order valence-corrected chi connectivity index (χ4v) is 7.10. The van der Waals surface area contributed by atoms with Crippen molar-refractivity contribution in [2.45, 2.75) is 37.8 Å². The second-order valence-electron chi connectivity index (χ2n) is 12.3. The molecule has 0 amide bonds. The van der Waals surface area contributed by atoms with E-state index in [1.165, 1.54) is 16.7 Å². The van der Waals surface area contributed by atoms with Gasteiger partial charge in [0.05, 0.1) is 21.3 Å². The van der Waals surface area contributed by atoms with E-state index in [1.54, 1.807) is 21.3 Å². The minimum absolute atomic E-state index is 0.0138. The molecule has 0 radical (unpaired) electrons. The Morgan fingerprint density at radius 2 is 1.31 bits per heavy atom. The van der Waals surface area contributed by atoms with Crippen molar-refractivity contribution in [2.75, 3.05) is 48.5 Å². The van der Waals surface area contributed by atoms with Crippen molar-refractivity contribution in [3.05, 3.63) is 94.0 Å². The van der Waals surface area contributed by atoms with Gasteiger partial charge in [0.15, 0.2) is 34.5 Å². The molecule has 0 unspecified atom stereocenters. The monoisotopic (exact) mass is 608 g/mol. The van der Waals surface area contributed by atoms with Gasteiger partial charge in [-0.05, 0) is 110 Å². The van der Waals surface area contributed by atoms with Gasteiger partial charge in [-0.15, -0.1) is 0 Å². The molecule has 45 heavy (non-hydrogen) atoms. The summed E-state index contributed by atoms with van der Waals surface area (Å²) in [6.45, 7) is 1.78. The van der Waals surface area contributed by atoms with Crippen LogP contribution in [0.1, 0.15) is 45.5 Å². The van der Waals surface area contributed by atoms with Gasteiger partial charge < -0.3 is 28.8 Å². The van der Waals surface area contributed by atoms with Gasteiger partial charge in [-0.3, -0.25) is 9.80 Å². The fourth-order valence-electron chi connectivity index (χ4n) is 7.10. The molecule has 5 aliphatic heterocycles. The number of benzene rings is 4. The first-order valence-electron chi connectivity index (χ1n) is 15.5. The van der Waals surface area contributed by atoms with Crippen molar-refractivity contribution in [3.63, 3.8) is 0 Å². The quantitative estimate of drug-likeness (QED) is 0.271. The lowest BCUT2D eigenvalue weighted by Gasteiger charge is -2.37. The van der Waals surface area contributed by atoms with Gasteiger partial charge in [0.25, 0.3) is 0 Å². The molecule has 0 spiro atoms. The van der Waals surface area contributed by atoms with E-state index in [1.807, 2.05) is 30.3 Å². The van der Waals surface area contributed by atoms with Crippen molar-refractivity contribution < 1.29 is 28.8 Å². The molecule has 0 saturated heterocycles. The Kier molecular flexibility index (Phi) is 7.71. The topological polar surface area (TPSA) is 72.9 Å². The van der Waals surface area contributed by atoms with Gasteiger partial charge >= 0.3 is 0 Å². The van der Waals surface area contributed by atoms with Crippen LogP contribution >= 0.6 is 0 Å². The number of hydrogen-bond acceptors (Lipinski definition) is 8. The molecule has 9 rings (SSSR count). The van der Waals surface area contributed by atoms with Crippen molar-refractivity contribution in [1.29, 1.82) is 0 Å². The first-order valence-corrected chi connectivity index (χ1v) is 15.5. The lowest BCUT2D eigenvalue weighted by atomic mass is 9.87. The summed E-state index contributed by atoms with van der Waals surface area (Å²) >= 11 is 0. The second kappa shape index (κ2) is 11.8. The highest BCUT2D eigenvalue weighted by Crippen LogP contribution is 2.51. The van der Waals surface area contributed by atoms with E-state index in [4.69, 9.17) is 23.7 Å². The highest BCUT2D eigenvalue weighted by molar-refractivity contribution is 5.63. The van der Waals surface area contributed by atoms with Gasteiger partial charge in [-0.25, -0.2) is 0 Å². The van der Waals surface area contributed by atoms with E-state index in [2.05, 4.69) is 54.2 Å². The maximum atomic E-state index is 11.6. The van der Waals surface area contributed by atoms with Crippen LogP contribution in [0, 0.1) is 0 Å². The van der Waals surface area contributed by atoms with Crippen LogP contribution in [0.2, 0.25) is 0 Å². The third kappa shape index (κ3) is 5.32. The molecule has 234 valence electrons. The number of nitrogens with zero attached hydrogens (tertiary/aromatic N) is 2. The molecule has 2 atom stereocenters. The average molecular weight is 609 g/mol. The van der Waals surface area contributed by atoms with Gasteiger partial charge in [0.2, 0.25) is 5.75 Å². The molecule has 5 aliphatic rings. The van der Waals surface area contributed by atoms with Gasteiger partial charge in [-0.1, -0.05) is 18.2 Å². The van der Waals surface area contributed by atoms with Crippen LogP contribution in [-0.2, 0) is 25.7 Å². The Morgan fingerprint density at radius 3 is 2.04 bits per heavy atom. The molecule has 0 aliphatic carbocycles. The summed E-state index contributed by atoms with van der Waals surface area (Å²) in [6, 6.07) is 20.7. The van der Waals surface area contributed by atoms with Gasteiger partial charge in [-0.2, -0.15) is 0 Å². The zero-order chi connectivity index (χ0) is 31.2. The van der Waals surface area contributed by atoms with Crippen LogP contribution in [-0.4, -0.2) is 63.4 Å². The standard InChI is InChI=1S/C37H40N2O6/c1-38-14-12-24-19-33-31(42-4)21-27(24)28(38)16-22-6-9-26(10-7-22)44-32-18-23(8-11-30(32)41-3)17-29-35-25(13-15-39(29)2)20-34(43-5)36(40)37(35)45-33/h6-11,18-21,28-29,40H,12-17H2,1-5H3/t28-,29-/m0/s1. The summed E-state index contributed by atoms with van der Waals surface area (Å²) in [4.78, 5) is 4.72. The summed E-state index contributed by atoms with van der Waals surface area (Å²) in [5.41, 5.74) is 6.78. The second-order valence-corrected chi connectivity index (χ2v) is 12.3. The number of ether oxygens (including phenoxy) is 5. The number of aromatic hydroxyl groups is 1. The summed E-state index contributed by atoms with van der Waals surface area (Å²) < 4.78 is 30.5. The van der Waals surface area contributed by atoms with E-state index < -0.39 is 0 Å². The molecule has 8 heteroatoms. The number of phenols is 1. The highest BCUT2D eigenvalue weighted by Gasteiger charge is 2.34. The Hall–Kier alpha value is -4.40. The molecule has 8 nitrogen and oxygen atoms in total. The Balaban J connectivity index is 1.44. The summed E-state index contributed by atoms with van der Waals surface area (Å²) in [5.74, 6) is 4.09. The molecule has 0 aromatic heterocycles. The van der Waals surface area contributed by atoms with E-state index in [9.17, 15) is 5.11 Å². The Bertz CT molecular complexity index is 1740. The third-order valence-electron chi connectivity index (χ3n) is 9.66. The van der Waals surface area contributed by atoms with Crippen molar-refractivity contribution in [1.82, 2.24) is 9.80 Å². The van der Waals surface area contributed by atoms with Gasteiger partial charge in [0, 0.05) is 30.7 Å². The zero-order valence-corrected chi connectivity index (χ0v) is 26.6. The Labute approximate surface area is 264 Å². The fraction of sp³-hybridized carbons (Fsp3) is 0.351. The molecule has 5 heterocycles. The maximum Gasteiger partial charge on any atom is 0.201 e. The van der Waals surface area contributed by atoms with E-state index in [0.29, 0.717) is 40.9 Å². The number of rotatable bonds is 3. The predicted molar refractivity (Wildman–Crippen MR) is 173 cm³/mol. The SMILES string of the molecule is COc1ccc2cc1Oc1ccc(cc1)C[C@H]1c3cc(OC)c(cc3CCN1C)Oc1c(O)c(OC)cc3c1[C@H](C2)N(C)CC3. The molecule has 1 N–H and O–H groups in total. The molecule has 8 bridgehead atoms. The molecule has 4 aromatic carbocycles. The van der Waals surface area contributed by atoms with E-state index in [-0.39, 0.29) is 17.8 Å². The van der Waals surface area contributed by atoms with Crippen molar-refractivity contribution in [2.24, 2.45) is 0 Å². The lowest BCUT2D eigenvalue weighted by molar-refractivity contribution is 0.221. The summed E-state index contributed by atoms with van der Waals surface area (Å²) in [5, 5.41) is 11.6. The number of likely N-dealkylation sites (N-methyl/N-ethyl adjacent to an activating group) is 2. The number of methoxy groups -OCH3 is 3. The van der Waals surface area contributed by atoms with Crippen LogP contribution in [0.5, 0.6) is 46.0 Å². The molecule has 0 saturated carbocycles. The predicted octanol–water partition coefficient (Wildman–Crippen LogP) is 6.86. The van der Waals surface area contributed by atoms with Gasteiger partial charge in [0.1, 0.15) is 5.75 Å². The van der Waals surface area contributed by atoms with Crippen LogP contribution < -0.4 is 23.7 Å². The lowest BCUT2D eigenvalue weighted by Crippen LogP contribution is -2.34. The number of fused-ring (bicyclic) bond motifs is 1. The Morgan fingerprint density at radius 1 is 0.667 bits per heavy atom. The molecular formula is C37H40N2O6.